The molecule has 0 saturated heterocycles. The van der Waals surface area contributed by atoms with Crippen molar-refractivity contribution in [2.45, 2.75) is 139 Å². The minimum Gasteiger partial charge on any atom is -0.462 e. The van der Waals surface area contributed by atoms with Gasteiger partial charge in [-0.05, 0) is 110 Å². The van der Waals surface area contributed by atoms with Gasteiger partial charge in [-0.2, -0.15) is 0 Å². The van der Waals surface area contributed by atoms with Crippen LogP contribution in [0.15, 0.2) is 22.7 Å². The topological polar surface area (TPSA) is 85.4 Å². The molecule has 5 aliphatic carbocycles. The van der Waals surface area contributed by atoms with Gasteiger partial charge >= 0.3 is 5.97 Å². The summed E-state index contributed by atoms with van der Waals surface area (Å²) >= 11 is 1.70. The number of esters is 1. The SMILES string of the molecule is CC(C)C1=C2C3CCC4C(C)(CCC5C(C)(C)C(OC(=O)CC(C)(C)C=O)CCC54C)C3CCC2(CCNCc2nccs2)CC1=O. The third-order valence-electron chi connectivity index (χ3n) is 14.4. The Labute approximate surface area is 287 Å². The van der Waals surface area contributed by atoms with Gasteiger partial charge in [0.1, 0.15) is 17.4 Å². The Bertz CT molecular complexity index is 1400. The van der Waals surface area contributed by atoms with E-state index in [9.17, 15) is 14.4 Å². The summed E-state index contributed by atoms with van der Waals surface area (Å²) in [5, 5.41) is 6.83. The molecule has 0 aliphatic heterocycles. The van der Waals surface area contributed by atoms with Gasteiger partial charge in [0, 0.05) is 40.8 Å². The van der Waals surface area contributed by atoms with Crippen LogP contribution in [-0.2, 0) is 25.7 Å². The maximum atomic E-state index is 13.8. The van der Waals surface area contributed by atoms with Crippen molar-refractivity contribution in [1.82, 2.24) is 10.3 Å². The number of hydrogen-bond donors (Lipinski definition) is 1. The third-order valence-corrected chi connectivity index (χ3v) is 15.2. The van der Waals surface area contributed by atoms with Crippen molar-refractivity contribution in [3.8, 4) is 0 Å². The number of ketones is 1. The molecule has 47 heavy (non-hydrogen) atoms. The molecular formula is C40H60N2O4S. The van der Waals surface area contributed by atoms with E-state index in [2.05, 4.69) is 51.8 Å². The molecule has 0 amide bonds. The molecule has 4 fully saturated rings. The highest BCUT2D eigenvalue weighted by Gasteiger charge is 2.66. The van der Waals surface area contributed by atoms with E-state index in [0.29, 0.717) is 35.9 Å². The van der Waals surface area contributed by atoms with Gasteiger partial charge in [-0.3, -0.25) is 9.59 Å². The van der Waals surface area contributed by atoms with Crippen LogP contribution in [0.1, 0.15) is 131 Å². The largest absolute Gasteiger partial charge is 0.462 e. The van der Waals surface area contributed by atoms with Crippen molar-refractivity contribution in [3.05, 3.63) is 27.7 Å². The summed E-state index contributed by atoms with van der Waals surface area (Å²) < 4.78 is 6.21. The van der Waals surface area contributed by atoms with Gasteiger partial charge in [-0.15, -0.1) is 11.3 Å². The number of Topliss-reactive ketones (excluding diaryl/α,β-unsaturated/α-hetero) is 1. The van der Waals surface area contributed by atoms with E-state index in [1.807, 2.05) is 11.6 Å². The summed E-state index contributed by atoms with van der Waals surface area (Å²) in [5.41, 5.74) is 2.40. The minimum absolute atomic E-state index is 0.0143. The highest BCUT2D eigenvalue weighted by molar-refractivity contribution is 7.09. The molecule has 6 rings (SSSR count). The van der Waals surface area contributed by atoms with Gasteiger partial charge in [0.15, 0.2) is 5.78 Å². The molecule has 6 nitrogen and oxygen atoms in total. The van der Waals surface area contributed by atoms with E-state index in [1.54, 1.807) is 30.8 Å². The van der Waals surface area contributed by atoms with E-state index < -0.39 is 5.41 Å². The summed E-state index contributed by atoms with van der Waals surface area (Å²) in [6.07, 6.45) is 13.6. The number of fused-ring (bicyclic) bond motifs is 7. The van der Waals surface area contributed by atoms with Crippen molar-refractivity contribution in [3.63, 3.8) is 0 Å². The van der Waals surface area contributed by atoms with E-state index in [1.165, 1.54) is 31.3 Å². The van der Waals surface area contributed by atoms with E-state index in [4.69, 9.17) is 4.74 Å². The quantitative estimate of drug-likeness (QED) is 0.153. The van der Waals surface area contributed by atoms with E-state index >= 15 is 0 Å². The van der Waals surface area contributed by atoms with Crippen molar-refractivity contribution in [2.75, 3.05) is 6.54 Å². The third kappa shape index (κ3) is 5.91. The zero-order chi connectivity index (χ0) is 34.0. The van der Waals surface area contributed by atoms with E-state index in [0.717, 1.165) is 56.5 Å². The highest BCUT2D eigenvalue weighted by Crippen LogP contribution is 2.73. The first-order valence-corrected chi connectivity index (χ1v) is 19.5. The maximum Gasteiger partial charge on any atom is 0.307 e. The Morgan fingerprint density at radius 2 is 1.81 bits per heavy atom. The summed E-state index contributed by atoms with van der Waals surface area (Å²) in [5.74, 6) is 2.71. The number of aldehydes is 1. The lowest BCUT2D eigenvalue weighted by molar-refractivity contribution is -0.213. The molecule has 0 spiro atoms. The lowest BCUT2D eigenvalue weighted by Crippen LogP contribution is -2.63. The minimum atomic E-state index is -0.694. The van der Waals surface area contributed by atoms with Gasteiger partial charge in [0.05, 0.1) is 6.42 Å². The van der Waals surface area contributed by atoms with Crippen LogP contribution in [0.25, 0.3) is 0 Å². The molecule has 4 saturated carbocycles. The molecule has 8 unspecified atom stereocenters. The van der Waals surface area contributed by atoms with Crippen LogP contribution in [0, 0.1) is 56.7 Å². The van der Waals surface area contributed by atoms with Crippen molar-refractivity contribution in [1.29, 1.82) is 0 Å². The number of carbonyl (C=O) groups excluding carboxylic acids is 3. The molecule has 1 aromatic heterocycles. The smallest absolute Gasteiger partial charge is 0.307 e. The van der Waals surface area contributed by atoms with Crippen molar-refractivity contribution in [2.24, 2.45) is 56.7 Å². The second-order valence-corrected chi connectivity index (χ2v) is 19.3. The number of carbonyl (C=O) groups is 3. The fraction of sp³-hybridized carbons (Fsp3) is 0.800. The first kappa shape index (κ1) is 35.0. The predicted molar refractivity (Wildman–Crippen MR) is 188 cm³/mol. The maximum absolute atomic E-state index is 13.8. The van der Waals surface area contributed by atoms with Crippen molar-refractivity contribution >= 4 is 29.4 Å². The summed E-state index contributed by atoms with van der Waals surface area (Å²) in [7, 11) is 0. The predicted octanol–water partition coefficient (Wildman–Crippen LogP) is 8.74. The number of thiazole rings is 1. The molecule has 8 atom stereocenters. The zero-order valence-electron chi connectivity index (χ0n) is 30.4. The number of aromatic nitrogens is 1. The molecular weight excluding hydrogens is 605 g/mol. The average molecular weight is 665 g/mol. The van der Waals surface area contributed by atoms with Gasteiger partial charge in [0.25, 0.3) is 0 Å². The lowest BCUT2D eigenvalue weighted by Gasteiger charge is -2.69. The number of allylic oxidation sites excluding steroid dienone is 2. The Hall–Kier alpha value is -1.86. The summed E-state index contributed by atoms with van der Waals surface area (Å²) in [4.78, 5) is 42.7. The first-order chi connectivity index (χ1) is 22.1. The normalized spacial score (nSPS) is 38.0. The van der Waals surface area contributed by atoms with Crippen LogP contribution in [0.5, 0.6) is 0 Å². The van der Waals surface area contributed by atoms with Gasteiger partial charge in [-0.25, -0.2) is 4.98 Å². The summed E-state index contributed by atoms with van der Waals surface area (Å²) in [6, 6.07) is 0. The second kappa shape index (κ2) is 12.5. The van der Waals surface area contributed by atoms with Crippen LogP contribution >= 0.6 is 11.3 Å². The lowest BCUT2D eigenvalue weighted by atomic mass is 9.36. The highest BCUT2D eigenvalue weighted by atomic mass is 32.1. The average Bonchev–Trinajstić information content (AvgIpc) is 3.62. The number of rotatable bonds is 10. The summed E-state index contributed by atoms with van der Waals surface area (Å²) in [6.45, 7) is 19.7. The number of nitrogens with one attached hydrogen (secondary N) is 1. The number of ether oxygens (including phenoxy) is 1. The van der Waals surface area contributed by atoms with Gasteiger partial charge in [0.2, 0.25) is 0 Å². The molecule has 7 heteroatoms. The van der Waals surface area contributed by atoms with Crippen LogP contribution < -0.4 is 5.32 Å². The van der Waals surface area contributed by atoms with Crippen LogP contribution in [0.4, 0.5) is 0 Å². The monoisotopic (exact) mass is 664 g/mol. The molecule has 1 N–H and O–H groups in total. The Morgan fingerprint density at radius 1 is 1.06 bits per heavy atom. The van der Waals surface area contributed by atoms with Gasteiger partial charge < -0.3 is 14.8 Å². The molecule has 0 radical (unpaired) electrons. The first-order valence-electron chi connectivity index (χ1n) is 18.6. The second-order valence-electron chi connectivity index (χ2n) is 18.3. The van der Waals surface area contributed by atoms with E-state index in [-0.39, 0.29) is 46.1 Å². The van der Waals surface area contributed by atoms with Crippen molar-refractivity contribution < 1.29 is 19.1 Å². The number of nitrogens with zero attached hydrogens (tertiary/aromatic N) is 1. The molecule has 1 aromatic rings. The van der Waals surface area contributed by atoms with Crippen LogP contribution in [0.2, 0.25) is 0 Å². The molecule has 0 bridgehead atoms. The fourth-order valence-electron chi connectivity index (χ4n) is 12.4. The van der Waals surface area contributed by atoms with Crippen LogP contribution in [0.3, 0.4) is 0 Å². The van der Waals surface area contributed by atoms with Gasteiger partial charge in [-0.1, -0.05) is 61.0 Å². The molecule has 1 heterocycles. The molecule has 5 aliphatic rings. The fourth-order valence-corrected chi connectivity index (χ4v) is 13.0. The Morgan fingerprint density at radius 3 is 2.49 bits per heavy atom. The standard InChI is InChI=1S/C40H60N2O4S/c1-25(2)34-28(44)21-40(17-18-41-23-32-42-19-20-47-32)16-11-27-26(35(34)40)9-10-30-38(27,7)14-12-29-37(5,6)31(13-15-39(29,30)8)46-33(45)22-36(3,4)24-43/h19-20,24-27,29-31,41H,9-18,21-23H2,1-8H3. The molecule has 0 aromatic carbocycles. The van der Waals surface area contributed by atoms with Crippen LogP contribution in [-0.4, -0.2) is 35.7 Å². The molecule has 260 valence electrons. The zero-order valence-corrected chi connectivity index (χ0v) is 31.2. The Balaban J connectivity index is 1.22. The number of hydrogen-bond acceptors (Lipinski definition) is 7. The Kier molecular flexibility index (Phi) is 9.29.